The first-order chi connectivity index (χ1) is 9.92. The molecule has 5 nitrogen and oxygen atoms in total. The van der Waals surface area contributed by atoms with Crippen molar-refractivity contribution in [2.45, 2.75) is 45.3 Å². The molecule has 21 heavy (non-hydrogen) atoms. The molecule has 2 heterocycles. The lowest BCUT2D eigenvalue weighted by molar-refractivity contribution is -0.119. The fourth-order valence-electron chi connectivity index (χ4n) is 1.86. The summed E-state index contributed by atoms with van der Waals surface area (Å²) in [5.74, 6) is 0.206. The zero-order chi connectivity index (χ0) is 15.6. The zero-order valence-electron chi connectivity index (χ0n) is 12.6. The fourth-order valence-corrected chi connectivity index (χ4v) is 3.62. The summed E-state index contributed by atoms with van der Waals surface area (Å²) in [6, 6.07) is 0.162. The molecule has 0 fully saturated rings. The number of thioether (sulfide) groups is 1. The molecule has 0 saturated heterocycles. The van der Waals surface area contributed by atoms with Crippen molar-refractivity contribution >= 4 is 39.2 Å². The molecule has 1 amide bonds. The lowest BCUT2D eigenvalue weighted by Crippen LogP contribution is -2.33. The molecular formula is C14H19N3O2S2. The van der Waals surface area contributed by atoms with E-state index < -0.39 is 0 Å². The minimum absolute atomic E-state index is 0.0457. The van der Waals surface area contributed by atoms with E-state index in [0.717, 1.165) is 21.7 Å². The number of H-pyrrole nitrogens is 1. The van der Waals surface area contributed by atoms with Crippen LogP contribution in [0.3, 0.4) is 0 Å². The van der Waals surface area contributed by atoms with Gasteiger partial charge >= 0.3 is 0 Å². The number of carbonyl (C=O) groups is 1. The molecule has 2 N–H and O–H groups in total. The molecular weight excluding hydrogens is 306 g/mol. The zero-order valence-corrected chi connectivity index (χ0v) is 14.2. The van der Waals surface area contributed by atoms with Crippen LogP contribution >= 0.6 is 23.1 Å². The molecule has 7 heteroatoms. The molecule has 0 aromatic carbocycles. The van der Waals surface area contributed by atoms with Gasteiger partial charge in [-0.25, -0.2) is 4.98 Å². The van der Waals surface area contributed by atoms with Crippen LogP contribution in [0.5, 0.6) is 0 Å². The van der Waals surface area contributed by atoms with Gasteiger partial charge in [0, 0.05) is 10.9 Å². The van der Waals surface area contributed by atoms with E-state index in [0.29, 0.717) is 10.5 Å². The first-order valence-electron chi connectivity index (χ1n) is 6.84. The molecule has 2 aromatic heterocycles. The number of hydrogen-bond acceptors (Lipinski definition) is 5. The summed E-state index contributed by atoms with van der Waals surface area (Å²) in [5, 5.41) is 4.04. The van der Waals surface area contributed by atoms with Gasteiger partial charge in [0.2, 0.25) is 5.91 Å². The third-order valence-corrected chi connectivity index (χ3v) is 5.35. The van der Waals surface area contributed by atoms with Gasteiger partial charge in [0.05, 0.1) is 11.1 Å². The molecule has 2 aromatic rings. The normalized spacial score (nSPS) is 12.6. The van der Waals surface area contributed by atoms with Gasteiger partial charge in [-0.3, -0.25) is 9.59 Å². The summed E-state index contributed by atoms with van der Waals surface area (Å²) in [6.07, 6.45) is 0.894. The maximum Gasteiger partial charge on any atom is 0.260 e. The second-order valence-electron chi connectivity index (χ2n) is 5.00. The van der Waals surface area contributed by atoms with Crippen LogP contribution in [0.25, 0.3) is 10.2 Å². The van der Waals surface area contributed by atoms with Crippen LogP contribution in [0.4, 0.5) is 0 Å². The molecule has 0 aliphatic carbocycles. The van der Waals surface area contributed by atoms with Crippen LogP contribution < -0.4 is 10.9 Å². The van der Waals surface area contributed by atoms with E-state index in [-0.39, 0.29) is 23.3 Å². The number of fused-ring (bicyclic) bond motifs is 1. The first-order valence-corrected chi connectivity index (χ1v) is 8.64. The Balaban J connectivity index is 2.13. The number of carbonyl (C=O) groups excluding carboxylic acids is 1. The Bertz CT molecular complexity index is 721. The highest BCUT2D eigenvalue weighted by Gasteiger charge is 2.13. The second kappa shape index (κ2) is 6.62. The maximum atomic E-state index is 12.1. The van der Waals surface area contributed by atoms with Gasteiger partial charge in [-0.1, -0.05) is 18.7 Å². The third kappa shape index (κ3) is 3.65. The van der Waals surface area contributed by atoms with Crippen molar-refractivity contribution in [3.63, 3.8) is 0 Å². The largest absolute Gasteiger partial charge is 0.353 e. The quantitative estimate of drug-likeness (QED) is 0.654. The van der Waals surface area contributed by atoms with E-state index in [1.165, 1.54) is 23.1 Å². The maximum absolute atomic E-state index is 12.1. The summed E-state index contributed by atoms with van der Waals surface area (Å²) in [6.45, 7) is 7.89. The number of thiophene rings is 1. The van der Waals surface area contributed by atoms with Crippen molar-refractivity contribution in [3.8, 4) is 0 Å². The third-order valence-electron chi connectivity index (χ3n) is 3.38. The van der Waals surface area contributed by atoms with Gasteiger partial charge in [-0.15, -0.1) is 11.3 Å². The molecule has 0 radical (unpaired) electrons. The van der Waals surface area contributed by atoms with E-state index in [1.807, 2.05) is 27.7 Å². The fraction of sp³-hybridized carbons (Fsp3) is 0.500. The Morgan fingerprint density at radius 2 is 2.19 bits per heavy atom. The number of nitrogens with zero attached hydrogens (tertiary/aromatic N) is 1. The van der Waals surface area contributed by atoms with Crippen LogP contribution in [0.2, 0.25) is 0 Å². The smallest absolute Gasteiger partial charge is 0.260 e. The van der Waals surface area contributed by atoms with Crippen LogP contribution in [-0.4, -0.2) is 27.7 Å². The second-order valence-corrected chi connectivity index (χ2v) is 7.17. The standard InChI is InChI=1S/C14H19N3O2S2/c1-5-7(2)15-10(18)6-20-14-16-12(19)11-8(3)9(4)21-13(11)17-14/h7H,5-6H2,1-4H3,(H,15,18)(H,16,17,19). The Morgan fingerprint density at radius 1 is 1.48 bits per heavy atom. The predicted molar refractivity (Wildman–Crippen MR) is 88.3 cm³/mol. The van der Waals surface area contributed by atoms with Gasteiger partial charge in [0.1, 0.15) is 4.83 Å². The predicted octanol–water partition coefficient (Wildman–Crippen LogP) is 2.61. The van der Waals surface area contributed by atoms with Crippen molar-refractivity contribution in [2.75, 3.05) is 5.75 Å². The van der Waals surface area contributed by atoms with Crippen molar-refractivity contribution < 1.29 is 4.79 Å². The molecule has 0 saturated carbocycles. The minimum atomic E-state index is -0.133. The topological polar surface area (TPSA) is 74.8 Å². The number of nitrogens with one attached hydrogen (secondary N) is 2. The van der Waals surface area contributed by atoms with E-state index >= 15 is 0 Å². The molecule has 1 unspecified atom stereocenters. The van der Waals surface area contributed by atoms with Gasteiger partial charge < -0.3 is 10.3 Å². The SMILES string of the molecule is CCC(C)NC(=O)CSc1nc2sc(C)c(C)c2c(=O)[nH]1. The van der Waals surface area contributed by atoms with Crippen molar-refractivity contribution in [1.82, 2.24) is 15.3 Å². The lowest BCUT2D eigenvalue weighted by atomic mass is 10.2. The van der Waals surface area contributed by atoms with Crippen LogP contribution in [-0.2, 0) is 4.79 Å². The summed E-state index contributed by atoms with van der Waals surface area (Å²) in [7, 11) is 0. The van der Waals surface area contributed by atoms with Gasteiger partial charge in [0.15, 0.2) is 5.16 Å². The Morgan fingerprint density at radius 3 is 2.86 bits per heavy atom. The van der Waals surface area contributed by atoms with Gasteiger partial charge in [0.25, 0.3) is 5.56 Å². The van der Waals surface area contributed by atoms with Gasteiger partial charge in [-0.05, 0) is 32.8 Å². The number of hydrogen-bond donors (Lipinski definition) is 2. The molecule has 1 atom stereocenters. The van der Waals surface area contributed by atoms with E-state index in [4.69, 9.17) is 0 Å². The minimum Gasteiger partial charge on any atom is -0.353 e. The lowest BCUT2D eigenvalue weighted by Gasteiger charge is -2.10. The summed E-state index contributed by atoms with van der Waals surface area (Å²) in [5.41, 5.74) is 0.849. The molecule has 0 aliphatic heterocycles. The number of rotatable bonds is 5. The van der Waals surface area contributed by atoms with Crippen molar-refractivity contribution in [3.05, 3.63) is 20.8 Å². The Hall–Kier alpha value is -1.34. The van der Waals surface area contributed by atoms with Crippen LogP contribution in [0.15, 0.2) is 9.95 Å². The summed E-state index contributed by atoms with van der Waals surface area (Å²) >= 11 is 2.76. The average Bonchev–Trinajstić information content (AvgIpc) is 2.72. The molecule has 0 spiro atoms. The molecule has 0 aliphatic rings. The van der Waals surface area contributed by atoms with Crippen molar-refractivity contribution in [1.29, 1.82) is 0 Å². The highest BCUT2D eigenvalue weighted by atomic mass is 32.2. The van der Waals surface area contributed by atoms with Gasteiger partial charge in [-0.2, -0.15) is 0 Å². The summed E-state index contributed by atoms with van der Waals surface area (Å²) < 4.78 is 0. The summed E-state index contributed by atoms with van der Waals surface area (Å²) in [4.78, 5) is 32.9. The van der Waals surface area contributed by atoms with Crippen LogP contribution in [0.1, 0.15) is 30.7 Å². The van der Waals surface area contributed by atoms with E-state index in [9.17, 15) is 9.59 Å². The van der Waals surface area contributed by atoms with E-state index in [2.05, 4.69) is 15.3 Å². The average molecular weight is 325 g/mol. The number of amides is 1. The molecule has 0 bridgehead atoms. The molecule has 2 rings (SSSR count). The van der Waals surface area contributed by atoms with E-state index in [1.54, 1.807) is 0 Å². The number of aryl methyl sites for hydroxylation is 2. The number of aromatic nitrogens is 2. The highest BCUT2D eigenvalue weighted by molar-refractivity contribution is 7.99. The molecule has 114 valence electrons. The number of aromatic amines is 1. The highest BCUT2D eigenvalue weighted by Crippen LogP contribution is 2.27. The monoisotopic (exact) mass is 325 g/mol. The Labute approximate surface area is 131 Å². The van der Waals surface area contributed by atoms with Crippen molar-refractivity contribution in [2.24, 2.45) is 0 Å². The first kappa shape index (κ1) is 16.0. The Kier molecular flexibility index (Phi) is 5.05. The van der Waals surface area contributed by atoms with Crippen LogP contribution in [0, 0.1) is 13.8 Å².